The molecule has 4 rings (SSSR count). The molecule has 0 saturated heterocycles. The van der Waals surface area contributed by atoms with Crippen molar-refractivity contribution in [1.29, 1.82) is 0 Å². The maximum Gasteiger partial charge on any atom is 0.271 e. The molecule has 0 saturated carbocycles. The molecular formula is C25H23N5O4S. The van der Waals surface area contributed by atoms with Crippen molar-refractivity contribution >= 4 is 27.8 Å². The van der Waals surface area contributed by atoms with Gasteiger partial charge in [0.2, 0.25) is 0 Å². The predicted molar refractivity (Wildman–Crippen MR) is 133 cm³/mol. The molecule has 178 valence electrons. The van der Waals surface area contributed by atoms with Gasteiger partial charge in [0.1, 0.15) is 5.75 Å². The lowest BCUT2D eigenvalue weighted by atomic mass is 10.2. The third kappa shape index (κ3) is 6.12. The Morgan fingerprint density at radius 1 is 1.03 bits per heavy atom. The lowest BCUT2D eigenvalue weighted by Gasteiger charge is -2.09. The summed E-state index contributed by atoms with van der Waals surface area (Å²) in [6.07, 6.45) is 6.79. The number of nitrogens with zero attached hydrogens (tertiary/aromatic N) is 3. The average molecular weight is 490 g/mol. The number of hydrogen-bond donors (Lipinski definition) is 2. The number of carbonyl (C=O) groups is 1. The van der Waals surface area contributed by atoms with Gasteiger partial charge in [-0.2, -0.15) is 5.10 Å². The molecule has 0 unspecified atom stereocenters. The van der Waals surface area contributed by atoms with E-state index in [9.17, 15) is 13.2 Å². The van der Waals surface area contributed by atoms with Crippen LogP contribution in [0.25, 0.3) is 5.69 Å². The van der Waals surface area contributed by atoms with Crippen LogP contribution in [0.3, 0.4) is 0 Å². The first-order valence-corrected chi connectivity index (χ1v) is 12.2. The number of imidazole rings is 1. The monoisotopic (exact) mass is 489 g/mol. The number of amides is 1. The molecule has 4 aromatic rings. The molecule has 10 heteroatoms. The van der Waals surface area contributed by atoms with Crippen molar-refractivity contribution in [3.05, 3.63) is 103 Å². The van der Waals surface area contributed by atoms with E-state index < -0.39 is 15.9 Å². The van der Waals surface area contributed by atoms with Crippen LogP contribution in [0.4, 0.5) is 5.69 Å². The topological polar surface area (TPSA) is 115 Å². The van der Waals surface area contributed by atoms with Crippen LogP contribution in [0.5, 0.6) is 5.75 Å². The van der Waals surface area contributed by atoms with Gasteiger partial charge in [-0.15, -0.1) is 0 Å². The second-order valence-electron chi connectivity index (χ2n) is 7.35. The number of anilines is 1. The maximum absolute atomic E-state index is 12.6. The first kappa shape index (κ1) is 23.7. The van der Waals surface area contributed by atoms with Crippen LogP contribution in [0.2, 0.25) is 0 Å². The van der Waals surface area contributed by atoms with E-state index in [2.05, 4.69) is 20.2 Å². The molecule has 0 aliphatic carbocycles. The Kier molecular flexibility index (Phi) is 7.22. The number of nitrogens with one attached hydrogen (secondary N) is 2. The number of sulfonamides is 1. The lowest BCUT2D eigenvalue weighted by Crippen LogP contribution is -2.18. The number of carbonyl (C=O) groups excluding carboxylic acids is 1. The van der Waals surface area contributed by atoms with Crippen molar-refractivity contribution in [1.82, 2.24) is 15.0 Å². The summed E-state index contributed by atoms with van der Waals surface area (Å²) in [5.41, 5.74) is 4.90. The number of rotatable bonds is 9. The molecule has 1 heterocycles. The minimum Gasteiger partial charge on any atom is -0.494 e. The van der Waals surface area contributed by atoms with Crippen molar-refractivity contribution in [3.63, 3.8) is 0 Å². The van der Waals surface area contributed by atoms with Gasteiger partial charge < -0.3 is 9.30 Å². The molecule has 3 aromatic carbocycles. The Hall–Kier alpha value is -4.44. The van der Waals surface area contributed by atoms with Gasteiger partial charge in [0, 0.05) is 29.3 Å². The van der Waals surface area contributed by atoms with Crippen LogP contribution >= 0.6 is 0 Å². The molecule has 2 N–H and O–H groups in total. The smallest absolute Gasteiger partial charge is 0.271 e. The van der Waals surface area contributed by atoms with Crippen LogP contribution < -0.4 is 14.9 Å². The molecule has 0 aliphatic heterocycles. The molecule has 0 radical (unpaired) electrons. The van der Waals surface area contributed by atoms with Gasteiger partial charge in [0.15, 0.2) is 0 Å². The molecule has 35 heavy (non-hydrogen) atoms. The Morgan fingerprint density at radius 3 is 2.37 bits per heavy atom. The van der Waals surface area contributed by atoms with Crippen LogP contribution in [-0.4, -0.2) is 36.7 Å². The van der Waals surface area contributed by atoms with E-state index in [1.807, 2.05) is 42.0 Å². The van der Waals surface area contributed by atoms with E-state index in [1.54, 1.807) is 24.7 Å². The highest BCUT2D eigenvalue weighted by Crippen LogP contribution is 2.20. The van der Waals surface area contributed by atoms with Crippen molar-refractivity contribution in [3.8, 4) is 11.4 Å². The Morgan fingerprint density at radius 2 is 1.74 bits per heavy atom. The van der Waals surface area contributed by atoms with E-state index >= 15 is 0 Å². The van der Waals surface area contributed by atoms with Crippen molar-refractivity contribution in [2.45, 2.75) is 11.8 Å². The van der Waals surface area contributed by atoms with E-state index in [0.29, 0.717) is 23.6 Å². The van der Waals surface area contributed by atoms with Crippen LogP contribution in [0.15, 0.2) is 102 Å². The van der Waals surface area contributed by atoms with E-state index in [4.69, 9.17) is 4.74 Å². The number of aromatic nitrogens is 2. The molecule has 9 nitrogen and oxygen atoms in total. The maximum atomic E-state index is 12.6. The summed E-state index contributed by atoms with van der Waals surface area (Å²) in [5, 5.41) is 3.99. The fourth-order valence-electron chi connectivity index (χ4n) is 3.16. The van der Waals surface area contributed by atoms with Crippen molar-refractivity contribution < 1.29 is 17.9 Å². The van der Waals surface area contributed by atoms with Crippen LogP contribution in [0.1, 0.15) is 22.8 Å². The normalized spacial score (nSPS) is 11.3. The number of hydrazone groups is 1. The van der Waals surface area contributed by atoms with Gasteiger partial charge in [0.05, 0.1) is 24.0 Å². The minimum absolute atomic E-state index is 0.107. The van der Waals surface area contributed by atoms with Gasteiger partial charge in [-0.25, -0.2) is 18.8 Å². The number of ether oxygens (including phenoxy) is 1. The van der Waals surface area contributed by atoms with Crippen molar-refractivity contribution in [2.75, 3.05) is 11.3 Å². The van der Waals surface area contributed by atoms with Crippen LogP contribution in [0, 0.1) is 0 Å². The molecule has 0 bridgehead atoms. The number of hydrogen-bond acceptors (Lipinski definition) is 6. The first-order valence-electron chi connectivity index (χ1n) is 10.7. The quantitative estimate of drug-likeness (QED) is 0.274. The van der Waals surface area contributed by atoms with Gasteiger partial charge >= 0.3 is 0 Å². The fraction of sp³-hybridized carbons (Fsp3) is 0.0800. The van der Waals surface area contributed by atoms with Gasteiger partial charge in [-0.3, -0.25) is 9.52 Å². The highest BCUT2D eigenvalue weighted by atomic mass is 32.2. The zero-order valence-corrected chi connectivity index (χ0v) is 19.6. The summed E-state index contributed by atoms with van der Waals surface area (Å²) >= 11 is 0. The summed E-state index contributed by atoms with van der Waals surface area (Å²) in [6.45, 7) is 2.35. The second kappa shape index (κ2) is 10.7. The zero-order valence-electron chi connectivity index (χ0n) is 18.8. The summed E-state index contributed by atoms with van der Waals surface area (Å²) in [5.74, 6) is 0.174. The molecule has 1 amide bonds. The standard InChI is InChI=1S/C25H23N5O4S/c1-2-34-23-11-13-24(14-12-23)35(32,33)29-21-7-5-20(6-8-21)25(31)28-27-17-19-3-9-22(10-4-19)30-16-15-26-18-30/h3-18,29H,2H2,1H3,(H,28,31)/b27-17+. The zero-order chi connectivity index (χ0) is 24.7. The largest absolute Gasteiger partial charge is 0.494 e. The summed E-state index contributed by atoms with van der Waals surface area (Å²) in [4.78, 5) is 16.5. The highest BCUT2D eigenvalue weighted by molar-refractivity contribution is 7.92. The van der Waals surface area contributed by atoms with E-state index in [0.717, 1.165) is 11.3 Å². The summed E-state index contributed by atoms with van der Waals surface area (Å²) < 4.78 is 34.9. The predicted octanol–water partition coefficient (Wildman–Crippen LogP) is 3.84. The highest BCUT2D eigenvalue weighted by Gasteiger charge is 2.14. The lowest BCUT2D eigenvalue weighted by molar-refractivity contribution is 0.0955. The van der Waals surface area contributed by atoms with Gasteiger partial charge in [-0.1, -0.05) is 12.1 Å². The third-order valence-electron chi connectivity index (χ3n) is 4.92. The Balaban J connectivity index is 1.33. The minimum atomic E-state index is -3.78. The molecule has 1 aromatic heterocycles. The molecule has 0 fully saturated rings. The Labute approximate surface area is 203 Å². The fourth-order valence-corrected chi connectivity index (χ4v) is 4.22. The summed E-state index contributed by atoms with van der Waals surface area (Å²) in [7, 11) is -3.78. The van der Waals surface area contributed by atoms with E-state index in [-0.39, 0.29) is 4.90 Å². The van der Waals surface area contributed by atoms with Crippen molar-refractivity contribution in [2.24, 2.45) is 5.10 Å². The Bertz CT molecular complexity index is 1400. The van der Waals surface area contributed by atoms with Gasteiger partial charge in [-0.05, 0) is 73.2 Å². The molecule has 0 spiro atoms. The van der Waals surface area contributed by atoms with E-state index in [1.165, 1.54) is 42.6 Å². The third-order valence-corrected chi connectivity index (χ3v) is 6.32. The SMILES string of the molecule is CCOc1ccc(S(=O)(=O)Nc2ccc(C(=O)N/N=C/c3ccc(-n4ccnc4)cc3)cc2)cc1. The molecular weight excluding hydrogens is 466 g/mol. The first-order chi connectivity index (χ1) is 16.9. The van der Waals surface area contributed by atoms with Gasteiger partial charge in [0.25, 0.3) is 15.9 Å². The molecule has 0 atom stereocenters. The summed E-state index contributed by atoms with van der Waals surface area (Å²) in [6, 6.07) is 19.8. The second-order valence-corrected chi connectivity index (χ2v) is 9.03. The molecule has 0 aliphatic rings. The number of benzene rings is 3. The average Bonchev–Trinajstić information content (AvgIpc) is 3.40. The van der Waals surface area contributed by atoms with Crippen LogP contribution in [-0.2, 0) is 10.0 Å².